The van der Waals surface area contributed by atoms with E-state index in [0.717, 1.165) is 25.9 Å². The number of carbonyl (C=O) groups excluding carboxylic acids is 1. The maximum absolute atomic E-state index is 12.6. The standard InChI is InChI=1S/C16H30N2O2/c1-2-18(14-8-4-3-5-9-14)16(20)12-17-11-7-6-10-15(17)13-19/h14-15,19H,2-13H2,1H3. The molecule has 1 atom stereocenters. The van der Waals surface area contributed by atoms with Crippen molar-refractivity contribution in [3.63, 3.8) is 0 Å². The van der Waals surface area contributed by atoms with Gasteiger partial charge in [-0.15, -0.1) is 0 Å². The van der Waals surface area contributed by atoms with E-state index in [9.17, 15) is 9.90 Å². The van der Waals surface area contributed by atoms with Crippen LogP contribution in [0, 0.1) is 0 Å². The van der Waals surface area contributed by atoms with Gasteiger partial charge in [-0.25, -0.2) is 0 Å². The first kappa shape index (κ1) is 15.8. The maximum atomic E-state index is 12.6. The number of hydrogen-bond donors (Lipinski definition) is 1. The molecule has 0 aromatic carbocycles. The summed E-state index contributed by atoms with van der Waals surface area (Å²) in [6.45, 7) is 4.55. The molecule has 0 spiro atoms. The van der Waals surface area contributed by atoms with Crippen LogP contribution in [-0.2, 0) is 4.79 Å². The highest BCUT2D eigenvalue weighted by molar-refractivity contribution is 5.78. The van der Waals surface area contributed by atoms with E-state index in [1.807, 2.05) is 0 Å². The predicted octanol–water partition coefficient (Wildman–Crippen LogP) is 2.01. The summed E-state index contributed by atoms with van der Waals surface area (Å²) in [6.07, 6.45) is 9.54. The van der Waals surface area contributed by atoms with Crippen LogP contribution < -0.4 is 0 Å². The lowest BCUT2D eigenvalue weighted by Crippen LogP contribution is -2.50. The summed E-state index contributed by atoms with van der Waals surface area (Å²) in [5.41, 5.74) is 0. The van der Waals surface area contributed by atoms with Gasteiger partial charge in [-0.1, -0.05) is 25.7 Å². The minimum absolute atomic E-state index is 0.183. The molecular formula is C16H30N2O2. The number of aliphatic hydroxyl groups excluding tert-OH is 1. The van der Waals surface area contributed by atoms with Crippen molar-refractivity contribution in [2.75, 3.05) is 26.2 Å². The summed E-state index contributed by atoms with van der Waals surface area (Å²) in [7, 11) is 0. The Balaban J connectivity index is 1.90. The quantitative estimate of drug-likeness (QED) is 0.839. The molecule has 0 bridgehead atoms. The summed E-state index contributed by atoms with van der Waals surface area (Å²) in [6, 6.07) is 0.649. The van der Waals surface area contributed by atoms with Gasteiger partial charge in [-0.2, -0.15) is 0 Å². The Kier molecular flexibility index (Phi) is 6.30. The average Bonchev–Trinajstić information content (AvgIpc) is 2.49. The normalized spacial score (nSPS) is 25.6. The number of piperidine rings is 1. The molecule has 2 fully saturated rings. The lowest BCUT2D eigenvalue weighted by atomic mass is 9.94. The Morgan fingerprint density at radius 1 is 1.15 bits per heavy atom. The third-order valence-electron chi connectivity index (χ3n) is 4.97. The number of likely N-dealkylation sites (N-methyl/N-ethyl adjacent to an activating group) is 1. The van der Waals surface area contributed by atoms with Crippen LogP contribution in [0.5, 0.6) is 0 Å². The number of rotatable bonds is 5. The predicted molar refractivity (Wildman–Crippen MR) is 80.6 cm³/mol. The molecule has 0 aromatic rings. The minimum Gasteiger partial charge on any atom is -0.395 e. The number of carbonyl (C=O) groups is 1. The van der Waals surface area contributed by atoms with Gasteiger partial charge in [0.05, 0.1) is 13.2 Å². The first-order valence-corrected chi connectivity index (χ1v) is 8.40. The zero-order valence-corrected chi connectivity index (χ0v) is 12.9. The second kappa shape index (κ2) is 7.99. The van der Waals surface area contributed by atoms with Crippen LogP contribution in [0.25, 0.3) is 0 Å². The van der Waals surface area contributed by atoms with E-state index in [1.165, 1.54) is 38.5 Å². The zero-order valence-electron chi connectivity index (χ0n) is 12.9. The van der Waals surface area contributed by atoms with Crippen LogP contribution >= 0.6 is 0 Å². The molecule has 1 N–H and O–H groups in total. The number of hydrogen-bond acceptors (Lipinski definition) is 3. The summed E-state index contributed by atoms with van der Waals surface area (Å²) in [5, 5.41) is 9.45. The number of amides is 1. The van der Waals surface area contributed by atoms with Crippen molar-refractivity contribution in [2.45, 2.75) is 70.4 Å². The van der Waals surface area contributed by atoms with E-state index in [0.29, 0.717) is 12.6 Å². The molecule has 1 aliphatic carbocycles. The van der Waals surface area contributed by atoms with Gasteiger partial charge in [0.1, 0.15) is 0 Å². The van der Waals surface area contributed by atoms with E-state index in [2.05, 4.69) is 16.7 Å². The molecular weight excluding hydrogens is 252 g/mol. The topological polar surface area (TPSA) is 43.8 Å². The Labute approximate surface area is 123 Å². The molecule has 4 heteroatoms. The van der Waals surface area contributed by atoms with Crippen molar-refractivity contribution in [3.05, 3.63) is 0 Å². The molecule has 116 valence electrons. The molecule has 0 aromatic heterocycles. The van der Waals surface area contributed by atoms with Crippen LogP contribution in [0.2, 0.25) is 0 Å². The van der Waals surface area contributed by atoms with Crippen molar-refractivity contribution >= 4 is 5.91 Å². The third-order valence-corrected chi connectivity index (χ3v) is 4.97. The van der Waals surface area contributed by atoms with Gasteiger partial charge in [0.15, 0.2) is 0 Å². The molecule has 1 unspecified atom stereocenters. The first-order valence-electron chi connectivity index (χ1n) is 8.40. The van der Waals surface area contributed by atoms with Crippen LogP contribution in [-0.4, -0.2) is 59.1 Å². The highest BCUT2D eigenvalue weighted by atomic mass is 16.3. The van der Waals surface area contributed by atoms with Gasteiger partial charge < -0.3 is 10.0 Å². The lowest BCUT2D eigenvalue weighted by Gasteiger charge is -2.38. The van der Waals surface area contributed by atoms with Crippen molar-refractivity contribution in [1.82, 2.24) is 9.80 Å². The van der Waals surface area contributed by atoms with Crippen molar-refractivity contribution in [1.29, 1.82) is 0 Å². The smallest absolute Gasteiger partial charge is 0.236 e. The van der Waals surface area contributed by atoms with Gasteiger partial charge >= 0.3 is 0 Å². The molecule has 1 saturated carbocycles. The van der Waals surface area contributed by atoms with E-state index in [1.54, 1.807) is 0 Å². The van der Waals surface area contributed by atoms with Gasteiger partial charge in [-0.05, 0) is 39.2 Å². The highest BCUT2D eigenvalue weighted by Crippen LogP contribution is 2.23. The van der Waals surface area contributed by atoms with Crippen LogP contribution in [0.1, 0.15) is 58.3 Å². The Morgan fingerprint density at radius 3 is 2.50 bits per heavy atom. The summed E-state index contributed by atoms with van der Waals surface area (Å²) in [4.78, 5) is 16.9. The fourth-order valence-electron chi connectivity index (χ4n) is 3.77. The maximum Gasteiger partial charge on any atom is 0.236 e. The Bertz CT molecular complexity index is 303. The summed E-state index contributed by atoms with van der Waals surface area (Å²) >= 11 is 0. The second-order valence-corrected chi connectivity index (χ2v) is 6.27. The van der Waals surface area contributed by atoms with Gasteiger partial charge in [0.2, 0.25) is 5.91 Å². The fraction of sp³-hybridized carbons (Fsp3) is 0.938. The number of nitrogens with zero attached hydrogens (tertiary/aromatic N) is 2. The summed E-state index contributed by atoms with van der Waals surface area (Å²) in [5.74, 6) is 0.264. The van der Waals surface area contributed by atoms with Crippen LogP contribution in [0.3, 0.4) is 0 Å². The molecule has 2 rings (SSSR count). The van der Waals surface area contributed by atoms with Crippen molar-refractivity contribution in [3.8, 4) is 0 Å². The van der Waals surface area contributed by atoms with Gasteiger partial charge in [0, 0.05) is 18.6 Å². The van der Waals surface area contributed by atoms with Crippen LogP contribution in [0.15, 0.2) is 0 Å². The Morgan fingerprint density at radius 2 is 1.85 bits per heavy atom. The third kappa shape index (κ3) is 3.95. The molecule has 1 aliphatic heterocycles. The molecule has 0 radical (unpaired) electrons. The number of likely N-dealkylation sites (tertiary alicyclic amines) is 1. The minimum atomic E-state index is 0.183. The van der Waals surface area contributed by atoms with Crippen molar-refractivity contribution < 1.29 is 9.90 Å². The lowest BCUT2D eigenvalue weighted by molar-refractivity contribution is -0.136. The molecule has 4 nitrogen and oxygen atoms in total. The van der Waals surface area contributed by atoms with E-state index in [-0.39, 0.29) is 18.6 Å². The summed E-state index contributed by atoms with van der Waals surface area (Å²) < 4.78 is 0. The molecule has 2 aliphatic rings. The van der Waals surface area contributed by atoms with Gasteiger partial charge in [0.25, 0.3) is 0 Å². The average molecular weight is 282 g/mol. The van der Waals surface area contributed by atoms with Gasteiger partial charge in [-0.3, -0.25) is 9.69 Å². The van der Waals surface area contributed by atoms with Crippen LogP contribution in [0.4, 0.5) is 0 Å². The molecule has 20 heavy (non-hydrogen) atoms. The van der Waals surface area contributed by atoms with E-state index >= 15 is 0 Å². The number of aliphatic hydroxyl groups is 1. The van der Waals surface area contributed by atoms with Crippen molar-refractivity contribution in [2.24, 2.45) is 0 Å². The highest BCUT2D eigenvalue weighted by Gasteiger charge is 2.28. The molecule has 1 heterocycles. The van der Waals surface area contributed by atoms with E-state index in [4.69, 9.17) is 0 Å². The monoisotopic (exact) mass is 282 g/mol. The second-order valence-electron chi connectivity index (χ2n) is 6.27. The molecule has 1 amide bonds. The Hall–Kier alpha value is -0.610. The van der Waals surface area contributed by atoms with E-state index < -0.39 is 0 Å². The molecule has 1 saturated heterocycles. The SMILES string of the molecule is CCN(C(=O)CN1CCCCC1CO)C1CCCCC1. The first-order chi connectivity index (χ1) is 9.76. The fourth-order valence-corrected chi connectivity index (χ4v) is 3.77. The largest absolute Gasteiger partial charge is 0.395 e. The zero-order chi connectivity index (χ0) is 14.4.